The van der Waals surface area contributed by atoms with Crippen molar-refractivity contribution >= 4 is 10.9 Å². The molecule has 0 saturated heterocycles. The van der Waals surface area contributed by atoms with Gasteiger partial charge in [0.05, 0.1) is 35.2 Å². The maximum atomic E-state index is 9.67. The normalized spacial score (nSPS) is 10.9. The highest BCUT2D eigenvalue weighted by atomic mass is 16.3. The van der Waals surface area contributed by atoms with Crippen molar-refractivity contribution in [2.75, 3.05) is 0 Å². The second-order valence-electron chi connectivity index (χ2n) is 3.99. The van der Waals surface area contributed by atoms with E-state index in [0.29, 0.717) is 5.39 Å². The van der Waals surface area contributed by atoms with Crippen molar-refractivity contribution in [3.8, 4) is 11.4 Å². The Morgan fingerprint density at radius 2 is 2.06 bits per heavy atom. The molecule has 3 aromatic rings. The lowest BCUT2D eigenvalue weighted by molar-refractivity contribution is 0.479. The summed E-state index contributed by atoms with van der Waals surface area (Å²) in [6.07, 6.45) is 4.77. The van der Waals surface area contributed by atoms with Gasteiger partial charge in [-0.1, -0.05) is 12.1 Å². The Labute approximate surface area is 98.2 Å². The lowest BCUT2D eigenvalue weighted by Gasteiger charge is -2.04. The predicted molar refractivity (Wildman–Crippen MR) is 65.3 cm³/mol. The van der Waals surface area contributed by atoms with Crippen molar-refractivity contribution in [1.29, 1.82) is 0 Å². The average Bonchev–Trinajstić information content (AvgIpc) is 2.74. The second kappa shape index (κ2) is 3.59. The van der Waals surface area contributed by atoms with Gasteiger partial charge in [0.25, 0.3) is 0 Å². The van der Waals surface area contributed by atoms with E-state index >= 15 is 0 Å². The summed E-state index contributed by atoms with van der Waals surface area (Å²) in [5.41, 5.74) is 2.93. The Morgan fingerprint density at radius 1 is 1.18 bits per heavy atom. The molecule has 0 aliphatic carbocycles. The van der Waals surface area contributed by atoms with Gasteiger partial charge in [-0.05, 0) is 24.6 Å². The van der Waals surface area contributed by atoms with Crippen LogP contribution in [0.4, 0.5) is 0 Å². The molecule has 0 aliphatic heterocycles. The van der Waals surface area contributed by atoms with E-state index in [1.54, 1.807) is 17.1 Å². The van der Waals surface area contributed by atoms with Gasteiger partial charge < -0.3 is 5.11 Å². The summed E-state index contributed by atoms with van der Waals surface area (Å²) in [6.45, 7) is 2.03. The quantitative estimate of drug-likeness (QED) is 0.692. The summed E-state index contributed by atoms with van der Waals surface area (Å²) in [6, 6.07) is 8.03. The molecule has 3 rings (SSSR count). The van der Waals surface area contributed by atoms with Gasteiger partial charge in [-0.2, -0.15) is 5.10 Å². The highest BCUT2D eigenvalue weighted by Gasteiger charge is 2.08. The maximum absolute atomic E-state index is 9.67. The summed E-state index contributed by atoms with van der Waals surface area (Å²) in [7, 11) is 0. The van der Waals surface area contributed by atoms with Crippen molar-refractivity contribution in [2.45, 2.75) is 6.92 Å². The molecule has 1 N–H and O–H groups in total. The number of aryl methyl sites for hydroxylation is 1. The Hall–Kier alpha value is -2.36. The minimum atomic E-state index is 0.154. The lowest BCUT2D eigenvalue weighted by Crippen LogP contribution is -1.96. The molecule has 0 bridgehead atoms. The molecular weight excluding hydrogens is 214 g/mol. The molecule has 0 spiro atoms. The lowest BCUT2D eigenvalue weighted by atomic mass is 10.2. The van der Waals surface area contributed by atoms with Crippen LogP contribution in [0.15, 0.2) is 42.9 Å². The zero-order valence-corrected chi connectivity index (χ0v) is 9.33. The largest absolute Gasteiger partial charge is 0.506 e. The molecule has 0 radical (unpaired) electrons. The standard InChI is InChI=1S/C13H11N3O/c1-9-3-2-4-10(5-9)16-12-7-14-8-13(17)11(12)6-15-16/h2-8,17H,1H3. The Balaban J connectivity index is 2.28. The van der Waals surface area contributed by atoms with Crippen LogP contribution in [-0.2, 0) is 0 Å². The number of benzene rings is 1. The van der Waals surface area contributed by atoms with Gasteiger partial charge in [-0.25, -0.2) is 4.68 Å². The van der Waals surface area contributed by atoms with Gasteiger partial charge in [-0.3, -0.25) is 4.98 Å². The van der Waals surface area contributed by atoms with E-state index < -0.39 is 0 Å². The van der Waals surface area contributed by atoms with E-state index in [2.05, 4.69) is 10.1 Å². The molecule has 0 saturated carbocycles. The Bertz CT molecular complexity index is 688. The molecule has 4 nitrogen and oxygen atoms in total. The fourth-order valence-corrected chi connectivity index (χ4v) is 1.89. The van der Waals surface area contributed by atoms with Crippen LogP contribution in [-0.4, -0.2) is 19.9 Å². The molecule has 84 valence electrons. The zero-order valence-electron chi connectivity index (χ0n) is 9.33. The molecule has 0 atom stereocenters. The third kappa shape index (κ3) is 1.54. The molecule has 2 heterocycles. The number of rotatable bonds is 1. The van der Waals surface area contributed by atoms with E-state index in [1.165, 1.54) is 11.8 Å². The van der Waals surface area contributed by atoms with Crippen LogP contribution in [0, 0.1) is 6.92 Å². The van der Waals surface area contributed by atoms with Crippen molar-refractivity contribution < 1.29 is 5.11 Å². The van der Waals surface area contributed by atoms with Crippen molar-refractivity contribution in [1.82, 2.24) is 14.8 Å². The summed E-state index contributed by atoms with van der Waals surface area (Å²) in [5, 5.41) is 14.7. The van der Waals surface area contributed by atoms with Crippen molar-refractivity contribution in [3.05, 3.63) is 48.4 Å². The van der Waals surface area contributed by atoms with Gasteiger partial charge in [0.1, 0.15) is 5.75 Å². The first kappa shape index (κ1) is 9.84. The van der Waals surface area contributed by atoms with Crippen LogP contribution >= 0.6 is 0 Å². The zero-order chi connectivity index (χ0) is 11.8. The van der Waals surface area contributed by atoms with E-state index in [-0.39, 0.29) is 5.75 Å². The summed E-state index contributed by atoms with van der Waals surface area (Å²) in [4.78, 5) is 3.98. The van der Waals surface area contributed by atoms with Crippen LogP contribution < -0.4 is 0 Å². The van der Waals surface area contributed by atoms with Gasteiger partial charge >= 0.3 is 0 Å². The first-order valence-corrected chi connectivity index (χ1v) is 5.33. The molecular formula is C13H11N3O. The first-order chi connectivity index (χ1) is 8.25. The topological polar surface area (TPSA) is 50.9 Å². The summed E-state index contributed by atoms with van der Waals surface area (Å²) >= 11 is 0. The minimum absolute atomic E-state index is 0.154. The van der Waals surface area contributed by atoms with Crippen LogP contribution in [0.25, 0.3) is 16.6 Å². The predicted octanol–water partition coefficient (Wildman–Crippen LogP) is 2.43. The van der Waals surface area contributed by atoms with Crippen LogP contribution in [0.3, 0.4) is 0 Å². The molecule has 1 aromatic carbocycles. The van der Waals surface area contributed by atoms with E-state index in [0.717, 1.165) is 11.2 Å². The van der Waals surface area contributed by atoms with Crippen LogP contribution in [0.1, 0.15) is 5.56 Å². The number of fused-ring (bicyclic) bond motifs is 1. The molecule has 17 heavy (non-hydrogen) atoms. The minimum Gasteiger partial charge on any atom is -0.506 e. The number of aromatic hydroxyl groups is 1. The summed E-state index contributed by atoms with van der Waals surface area (Å²) in [5.74, 6) is 0.154. The monoisotopic (exact) mass is 225 g/mol. The number of aromatic nitrogens is 3. The number of hydrogen-bond acceptors (Lipinski definition) is 3. The maximum Gasteiger partial charge on any atom is 0.144 e. The fraction of sp³-hybridized carbons (Fsp3) is 0.0769. The Kier molecular flexibility index (Phi) is 2.08. The third-order valence-electron chi connectivity index (χ3n) is 2.72. The molecule has 0 unspecified atom stereocenters. The highest BCUT2D eigenvalue weighted by molar-refractivity contribution is 5.84. The Morgan fingerprint density at radius 3 is 2.88 bits per heavy atom. The molecule has 2 aromatic heterocycles. The van der Waals surface area contributed by atoms with Gasteiger partial charge in [0.15, 0.2) is 0 Å². The summed E-state index contributed by atoms with van der Waals surface area (Å²) < 4.78 is 1.77. The molecule has 0 amide bonds. The van der Waals surface area contributed by atoms with Crippen LogP contribution in [0.5, 0.6) is 5.75 Å². The number of nitrogens with zero attached hydrogens (tertiary/aromatic N) is 3. The SMILES string of the molecule is Cc1cccc(-n2ncc3c(O)cncc32)c1. The van der Waals surface area contributed by atoms with E-state index in [1.807, 2.05) is 31.2 Å². The first-order valence-electron chi connectivity index (χ1n) is 5.33. The molecule has 0 aliphatic rings. The van der Waals surface area contributed by atoms with E-state index in [9.17, 15) is 5.11 Å². The van der Waals surface area contributed by atoms with Crippen LogP contribution in [0.2, 0.25) is 0 Å². The van der Waals surface area contributed by atoms with Gasteiger partial charge in [0, 0.05) is 0 Å². The second-order valence-corrected chi connectivity index (χ2v) is 3.99. The van der Waals surface area contributed by atoms with Gasteiger partial charge in [-0.15, -0.1) is 0 Å². The molecule has 4 heteroatoms. The van der Waals surface area contributed by atoms with Gasteiger partial charge in [0.2, 0.25) is 0 Å². The van der Waals surface area contributed by atoms with E-state index in [4.69, 9.17) is 0 Å². The number of hydrogen-bond donors (Lipinski definition) is 1. The fourth-order valence-electron chi connectivity index (χ4n) is 1.89. The average molecular weight is 225 g/mol. The van der Waals surface area contributed by atoms with Crippen molar-refractivity contribution in [3.63, 3.8) is 0 Å². The third-order valence-corrected chi connectivity index (χ3v) is 2.72. The highest BCUT2D eigenvalue weighted by Crippen LogP contribution is 2.24. The number of pyridine rings is 1. The smallest absolute Gasteiger partial charge is 0.144 e. The molecule has 0 fully saturated rings. The van der Waals surface area contributed by atoms with Crippen molar-refractivity contribution in [2.24, 2.45) is 0 Å².